The lowest BCUT2D eigenvalue weighted by Gasteiger charge is -2.13. The molecule has 0 aromatic heterocycles. The SMILES string of the molecule is CN=C(NCC(=O)Nc1cccc(F)c1)NCc1ccc(C(F)(F)F)cc1.I. The van der Waals surface area contributed by atoms with E-state index in [1.807, 2.05) is 0 Å². The van der Waals surface area contributed by atoms with Crippen LogP contribution in [0.1, 0.15) is 11.1 Å². The molecule has 0 bridgehead atoms. The first kappa shape index (κ1) is 23.7. The van der Waals surface area contributed by atoms with Gasteiger partial charge in [0.25, 0.3) is 0 Å². The van der Waals surface area contributed by atoms with Crippen molar-refractivity contribution >= 4 is 41.5 Å². The summed E-state index contributed by atoms with van der Waals surface area (Å²) in [6.07, 6.45) is -4.38. The van der Waals surface area contributed by atoms with Crippen LogP contribution in [0.2, 0.25) is 0 Å². The normalized spacial score (nSPS) is 11.4. The number of halogens is 5. The smallest absolute Gasteiger partial charge is 0.352 e. The van der Waals surface area contributed by atoms with E-state index in [4.69, 9.17) is 0 Å². The van der Waals surface area contributed by atoms with Gasteiger partial charge >= 0.3 is 6.18 Å². The topological polar surface area (TPSA) is 65.5 Å². The van der Waals surface area contributed by atoms with Gasteiger partial charge in [-0.15, -0.1) is 24.0 Å². The van der Waals surface area contributed by atoms with Crippen LogP contribution in [0.15, 0.2) is 53.5 Å². The van der Waals surface area contributed by atoms with E-state index < -0.39 is 23.5 Å². The molecule has 0 heterocycles. The summed E-state index contributed by atoms with van der Waals surface area (Å²) in [6, 6.07) is 10.2. The van der Waals surface area contributed by atoms with E-state index in [1.54, 1.807) is 6.07 Å². The number of nitrogens with zero attached hydrogens (tertiary/aromatic N) is 1. The highest BCUT2D eigenvalue weighted by molar-refractivity contribution is 14.0. The Morgan fingerprint density at radius 3 is 2.32 bits per heavy atom. The fourth-order valence-corrected chi connectivity index (χ4v) is 2.15. The fourth-order valence-electron chi connectivity index (χ4n) is 2.15. The summed E-state index contributed by atoms with van der Waals surface area (Å²) in [7, 11) is 1.49. The molecule has 0 unspecified atom stereocenters. The van der Waals surface area contributed by atoms with Crippen molar-refractivity contribution in [3.8, 4) is 0 Å². The number of carbonyl (C=O) groups excluding carboxylic acids is 1. The fraction of sp³-hybridized carbons (Fsp3) is 0.222. The van der Waals surface area contributed by atoms with E-state index in [-0.39, 0.29) is 37.1 Å². The molecule has 0 spiro atoms. The van der Waals surface area contributed by atoms with Crippen molar-refractivity contribution in [3.63, 3.8) is 0 Å². The monoisotopic (exact) mass is 510 g/mol. The van der Waals surface area contributed by atoms with Crippen molar-refractivity contribution in [3.05, 3.63) is 65.5 Å². The number of rotatable bonds is 5. The molecule has 1 amide bonds. The number of aliphatic imine (C=N–C) groups is 1. The number of hydrogen-bond acceptors (Lipinski definition) is 2. The first-order valence-electron chi connectivity index (χ1n) is 7.94. The van der Waals surface area contributed by atoms with Crippen LogP contribution in [0.5, 0.6) is 0 Å². The van der Waals surface area contributed by atoms with Gasteiger partial charge in [0.05, 0.1) is 12.1 Å². The third kappa shape index (κ3) is 7.71. The van der Waals surface area contributed by atoms with E-state index in [0.29, 0.717) is 17.2 Å². The van der Waals surface area contributed by atoms with Crippen LogP contribution in [0.25, 0.3) is 0 Å². The second-order valence-electron chi connectivity index (χ2n) is 5.53. The van der Waals surface area contributed by atoms with Crippen molar-refractivity contribution < 1.29 is 22.4 Å². The molecular formula is C18H19F4IN4O. The highest BCUT2D eigenvalue weighted by Crippen LogP contribution is 2.29. The van der Waals surface area contributed by atoms with E-state index in [2.05, 4.69) is 20.9 Å². The number of nitrogens with one attached hydrogen (secondary N) is 3. The Labute approximate surface area is 176 Å². The number of amides is 1. The predicted molar refractivity (Wildman–Crippen MR) is 110 cm³/mol. The van der Waals surface area contributed by atoms with Gasteiger partial charge in [-0.1, -0.05) is 18.2 Å². The number of anilines is 1. The molecule has 0 atom stereocenters. The minimum absolute atomic E-state index is 0. The first-order valence-corrected chi connectivity index (χ1v) is 7.94. The van der Waals surface area contributed by atoms with Crippen LogP contribution >= 0.6 is 24.0 Å². The Bertz CT molecular complexity index is 810. The highest BCUT2D eigenvalue weighted by atomic mass is 127. The minimum atomic E-state index is -4.38. The summed E-state index contributed by atoms with van der Waals surface area (Å²) >= 11 is 0. The van der Waals surface area contributed by atoms with Gasteiger partial charge < -0.3 is 16.0 Å². The van der Waals surface area contributed by atoms with Crippen molar-refractivity contribution in [1.29, 1.82) is 0 Å². The number of guanidine groups is 1. The highest BCUT2D eigenvalue weighted by Gasteiger charge is 2.29. The summed E-state index contributed by atoms with van der Waals surface area (Å²) in [4.78, 5) is 15.8. The van der Waals surface area contributed by atoms with Crippen LogP contribution in [-0.2, 0) is 17.5 Å². The Balaban J connectivity index is 0.00000392. The largest absolute Gasteiger partial charge is 0.416 e. The molecular weight excluding hydrogens is 491 g/mol. The van der Waals surface area contributed by atoms with Crippen molar-refractivity contribution in [2.45, 2.75) is 12.7 Å². The Morgan fingerprint density at radius 2 is 1.75 bits per heavy atom. The van der Waals surface area contributed by atoms with Crippen LogP contribution in [0.4, 0.5) is 23.2 Å². The zero-order valence-corrected chi connectivity index (χ0v) is 17.1. The van der Waals surface area contributed by atoms with Gasteiger partial charge in [-0.25, -0.2) is 4.39 Å². The minimum Gasteiger partial charge on any atom is -0.352 e. The van der Waals surface area contributed by atoms with Gasteiger partial charge in [0.1, 0.15) is 5.82 Å². The summed E-state index contributed by atoms with van der Waals surface area (Å²) in [5.41, 5.74) is 0.229. The summed E-state index contributed by atoms with van der Waals surface area (Å²) < 4.78 is 50.7. The molecule has 2 aromatic rings. The van der Waals surface area contributed by atoms with E-state index >= 15 is 0 Å². The summed E-state index contributed by atoms with van der Waals surface area (Å²) in [5.74, 6) is -0.572. The Kier molecular flexibility index (Phi) is 9.16. The van der Waals surface area contributed by atoms with Gasteiger partial charge in [0.2, 0.25) is 5.91 Å². The van der Waals surface area contributed by atoms with Crippen molar-refractivity contribution in [2.24, 2.45) is 4.99 Å². The number of carbonyl (C=O) groups is 1. The lowest BCUT2D eigenvalue weighted by atomic mass is 10.1. The summed E-state index contributed by atoms with van der Waals surface area (Å²) in [6.45, 7) is 0.104. The second kappa shape index (κ2) is 10.8. The van der Waals surface area contributed by atoms with Gasteiger partial charge in [-0.3, -0.25) is 9.79 Å². The van der Waals surface area contributed by atoms with Gasteiger partial charge in [0.15, 0.2) is 5.96 Å². The molecule has 0 aliphatic rings. The number of hydrogen-bond donors (Lipinski definition) is 3. The lowest BCUT2D eigenvalue weighted by molar-refractivity contribution is -0.137. The van der Waals surface area contributed by atoms with Crippen LogP contribution in [0, 0.1) is 5.82 Å². The average Bonchev–Trinajstić information content (AvgIpc) is 2.61. The molecule has 152 valence electrons. The maximum absolute atomic E-state index is 13.1. The third-order valence-electron chi connectivity index (χ3n) is 3.49. The molecule has 3 N–H and O–H groups in total. The predicted octanol–water partition coefficient (Wildman–Crippen LogP) is 3.77. The molecule has 0 aliphatic carbocycles. The average molecular weight is 510 g/mol. The van der Waals surface area contributed by atoms with Crippen molar-refractivity contribution in [1.82, 2.24) is 10.6 Å². The lowest BCUT2D eigenvalue weighted by Crippen LogP contribution is -2.41. The maximum atomic E-state index is 13.1. The number of alkyl halides is 3. The molecule has 2 aromatic carbocycles. The van der Waals surface area contributed by atoms with E-state index in [9.17, 15) is 22.4 Å². The maximum Gasteiger partial charge on any atom is 0.416 e. The van der Waals surface area contributed by atoms with Crippen LogP contribution in [-0.4, -0.2) is 25.5 Å². The second-order valence-corrected chi connectivity index (χ2v) is 5.53. The Hall–Kier alpha value is -2.37. The molecule has 0 radical (unpaired) electrons. The molecule has 0 aliphatic heterocycles. The first-order chi connectivity index (χ1) is 12.8. The molecule has 0 saturated carbocycles. The quantitative estimate of drug-likeness (QED) is 0.249. The third-order valence-corrected chi connectivity index (χ3v) is 3.49. The molecule has 28 heavy (non-hydrogen) atoms. The van der Waals surface area contributed by atoms with Crippen molar-refractivity contribution in [2.75, 3.05) is 18.9 Å². The molecule has 0 fully saturated rings. The molecule has 10 heteroatoms. The molecule has 0 saturated heterocycles. The number of benzene rings is 2. The van der Waals surface area contributed by atoms with Gasteiger partial charge in [-0.05, 0) is 35.9 Å². The standard InChI is InChI=1S/C18H18F4N4O.HI/c1-23-17(24-10-12-5-7-13(8-6-12)18(20,21)22)25-11-16(27)26-15-4-2-3-14(19)9-15;/h2-9H,10-11H2,1H3,(H,26,27)(H2,23,24,25);1H. The van der Waals surface area contributed by atoms with Crippen LogP contribution in [0.3, 0.4) is 0 Å². The zero-order chi connectivity index (χ0) is 19.9. The molecule has 2 rings (SSSR count). The molecule has 5 nitrogen and oxygen atoms in total. The summed E-state index contributed by atoms with van der Waals surface area (Å²) in [5, 5.41) is 8.18. The zero-order valence-electron chi connectivity index (χ0n) is 14.8. The van der Waals surface area contributed by atoms with E-state index in [1.165, 1.54) is 37.4 Å². The van der Waals surface area contributed by atoms with Gasteiger partial charge in [0, 0.05) is 19.3 Å². The van der Waals surface area contributed by atoms with E-state index in [0.717, 1.165) is 12.1 Å². The van der Waals surface area contributed by atoms with Gasteiger partial charge in [-0.2, -0.15) is 13.2 Å². The van der Waals surface area contributed by atoms with Crippen LogP contribution < -0.4 is 16.0 Å². The Morgan fingerprint density at radius 1 is 1.07 bits per heavy atom.